The van der Waals surface area contributed by atoms with Gasteiger partial charge >= 0.3 is 0 Å². The number of rotatable bonds is 5. The van der Waals surface area contributed by atoms with Gasteiger partial charge in [0.05, 0.1) is 5.76 Å². The summed E-state index contributed by atoms with van der Waals surface area (Å²) in [4.78, 5) is 0. The van der Waals surface area contributed by atoms with E-state index in [1.807, 2.05) is 0 Å². The first-order chi connectivity index (χ1) is 11.0. The lowest BCUT2D eigenvalue weighted by molar-refractivity contribution is 0.397. The fraction of sp³-hybridized carbons (Fsp3) is 0.333. The van der Waals surface area contributed by atoms with E-state index >= 15 is 0 Å². The molecule has 0 aliphatic heterocycles. The highest BCUT2D eigenvalue weighted by Gasteiger charge is 2.28. The van der Waals surface area contributed by atoms with Crippen LogP contribution < -0.4 is 0 Å². The maximum absolute atomic E-state index is 6.56. The van der Waals surface area contributed by atoms with Crippen molar-refractivity contribution >= 4 is 13.9 Å². The van der Waals surface area contributed by atoms with Gasteiger partial charge in [-0.25, -0.2) is 0 Å². The van der Waals surface area contributed by atoms with Crippen molar-refractivity contribution in [3.8, 4) is 11.1 Å². The molecule has 2 heteroatoms. The Labute approximate surface area is 141 Å². The van der Waals surface area contributed by atoms with Crippen LogP contribution in [-0.4, -0.2) is 8.32 Å². The minimum absolute atomic E-state index is 1.03. The molecule has 2 aromatic carbocycles. The van der Waals surface area contributed by atoms with Gasteiger partial charge in [0.1, 0.15) is 0 Å². The standard InChI is InChI=1S/C21H26OSi/c1-5-6-15-20(22-23(2,3)4)21-18-13-9-7-11-16(18)17-12-8-10-14-19(17)21/h7-14H,5-6,15H2,1-4H3. The number of hydrogen-bond acceptors (Lipinski definition) is 1. The molecule has 1 nitrogen and oxygen atoms in total. The van der Waals surface area contributed by atoms with Gasteiger partial charge in [-0.15, -0.1) is 0 Å². The summed E-state index contributed by atoms with van der Waals surface area (Å²) < 4.78 is 6.56. The lowest BCUT2D eigenvalue weighted by Crippen LogP contribution is -2.25. The van der Waals surface area contributed by atoms with E-state index in [0.29, 0.717) is 0 Å². The van der Waals surface area contributed by atoms with E-state index < -0.39 is 8.32 Å². The lowest BCUT2D eigenvalue weighted by atomic mass is 10.0. The predicted octanol–water partition coefficient (Wildman–Crippen LogP) is 6.47. The van der Waals surface area contributed by atoms with Crippen LogP contribution in [0.5, 0.6) is 0 Å². The van der Waals surface area contributed by atoms with Gasteiger partial charge in [-0.05, 0) is 48.3 Å². The molecule has 0 spiro atoms. The first-order valence-electron chi connectivity index (χ1n) is 8.62. The quantitative estimate of drug-likeness (QED) is 0.386. The topological polar surface area (TPSA) is 9.23 Å². The van der Waals surface area contributed by atoms with Crippen LogP contribution in [0.1, 0.15) is 37.3 Å². The van der Waals surface area contributed by atoms with E-state index in [9.17, 15) is 0 Å². The molecular weight excluding hydrogens is 296 g/mol. The van der Waals surface area contributed by atoms with E-state index in [2.05, 4.69) is 75.1 Å². The molecule has 0 bridgehead atoms. The minimum Gasteiger partial charge on any atom is -0.547 e. The zero-order valence-corrected chi connectivity index (χ0v) is 15.6. The molecule has 0 radical (unpaired) electrons. The zero-order chi connectivity index (χ0) is 16.4. The molecule has 0 heterocycles. The van der Waals surface area contributed by atoms with Crippen LogP contribution in [0.15, 0.2) is 54.3 Å². The lowest BCUT2D eigenvalue weighted by Gasteiger charge is -2.24. The van der Waals surface area contributed by atoms with Crippen LogP contribution in [0.25, 0.3) is 16.7 Å². The molecule has 23 heavy (non-hydrogen) atoms. The third kappa shape index (κ3) is 3.27. The number of benzene rings is 2. The van der Waals surface area contributed by atoms with Crippen molar-refractivity contribution in [2.24, 2.45) is 0 Å². The van der Waals surface area contributed by atoms with Gasteiger partial charge in [-0.3, -0.25) is 0 Å². The first-order valence-corrected chi connectivity index (χ1v) is 12.0. The molecule has 120 valence electrons. The Bertz CT molecular complexity index is 690. The predicted molar refractivity (Wildman–Crippen MR) is 102 cm³/mol. The summed E-state index contributed by atoms with van der Waals surface area (Å²) in [7, 11) is -1.64. The molecule has 0 unspecified atom stereocenters. The van der Waals surface area contributed by atoms with Crippen molar-refractivity contribution in [1.29, 1.82) is 0 Å². The van der Waals surface area contributed by atoms with Crippen LogP contribution in [0.3, 0.4) is 0 Å². The molecule has 1 aliphatic rings. The van der Waals surface area contributed by atoms with E-state index in [-0.39, 0.29) is 0 Å². The molecule has 3 rings (SSSR count). The zero-order valence-electron chi connectivity index (χ0n) is 14.6. The first kappa shape index (κ1) is 16.1. The monoisotopic (exact) mass is 322 g/mol. The summed E-state index contributed by atoms with van der Waals surface area (Å²) in [5.74, 6) is 1.20. The number of unbranched alkanes of at least 4 members (excludes halogenated alkanes) is 1. The maximum Gasteiger partial charge on any atom is 0.241 e. The highest BCUT2D eigenvalue weighted by molar-refractivity contribution is 6.70. The normalized spacial score (nSPS) is 12.8. The van der Waals surface area contributed by atoms with E-state index in [1.165, 1.54) is 46.4 Å². The Balaban J connectivity index is 2.21. The summed E-state index contributed by atoms with van der Waals surface area (Å²) in [5, 5.41) is 0. The van der Waals surface area contributed by atoms with Crippen molar-refractivity contribution in [2.75, 3.05) is 0 Å². The van der Waals surface area contributed by atoms with Gasteiger partial charge < -0.3 is 4.43 Å². The summed E-state index contributed by atoms with van der Waals surface area (Å²) in [6.07, 6.45) is 3.39. The molecule has 0 atom stereocenters. The van der Waals surface area contributed by atoms with Crippen molar-refractivity contribution in [3.05, 3.63) is 65.4 Å². The Hall–Kier alpha value is -1.80. The highest BCUT2D eigenvalue weighted by atomic mass is 28.4. The fourth-order valence-corrected chi connectivity index (χ4v) is 4.19. The molecule has 1 aliphatic carbocycles. The van der Waals surface area contributed by atoms with Gasteiger partial charge in [0.2, 0.25) is 8.32 Å². The van der Waals surface area contributed by atoms with Crippen LogP contribution in [0.2, 0.25) is 19.6 Å². The van der Waals surface area contributed by atoms with E-state index in [1.54, 1.807) is 0 Å². The second kappa shape index (κ2) is 6.36. The average Bonchev–Trinajstić information content (AvgIpc) is 2.85. The number of allylic oxidation sites excluding steroid dienone is 1. The van der Waals surface area contributed by atoms with Crippen molar-refractivity contribution in [3.63, 3.8) is 0 Å². The summed E-state index contributed by atoms with van der Waals surface area (Å²) >= 11 is 0. The Kier molecular flexibility index (Phi) is 4.45. The van der Waals surface area contributed by atoms with E-state index in [4.69, 9.17) is 4.43 Å². The summed E-state index contributed by atoms with van der Waals surface area (Å²) in [6, 6.07) is 17.5. The van der Waals surface area contributed by atoms with Gasteiger partial charge in [0, 0.05) is 12.0 Å². The van der Waals surface area contributed by atoms with Gasteiger partial charge in [0.15, 0.2) is 0 Å². The van der Waals surface area contributed by atoms with Crippen molar-refractivity contribution in [1.82, 2.24) is 0 Å². The number of fused-ring (bicyclic) bond motifs is 3. The van der Waals surface area contributed by atoms with E-state index in [0.717, 1.165) is 6.42 Å². The molecule has 0 saturated heterocycles. The second-order valence-electron chi connectivity index (χ2n) is 7.21. The SMILES string of the molecule is CCCCC(O[Si](C)(C)C)=C1c2ccccc2-c2ccccc21. The molecule has 0 amide bonds. The van der Waals surface area contributed by atoms with Crippen LogP contribution in [-0.2, 0) is 4.43 Å². The molecule has 0 fully saturated rings. The van der Waals surface area contributed by atoms with Crippen LogP contribution >= 0.6 is 0 Å². The third-order valence-corrected chi connectivity index (χ3v) is 5.01. The van der Waals surface area contributed by atoms with Gasteiger partial charge in [0.25, 0.3) is 0 Å². The largest absolute Gasteiger partial charge is 0.547 e. The van der Waals surface area contributed by atoms with Crippen LogP contribution in [0, 0.1) is 0 Å². The fourth-order valence-electron chi connectivity index (χ4n) is 3.25. The van der Waals surface area contributed by atoms with Gasteiger partial charge in [-0.1, -0.05) is 61.9 Å². The molecular formula is C21H26OSi. The second-order valence-corrected chi connectivity index (χ2v) is 11.6. The Morgan fingerprint density at radius 2 is 1.30 bits per heavy atom. The van der Waals surface area contributed by atoms with Crippen LogP contribution in [0.4, 0.5) is 0 Å². The van der Waals surface area contributed by atoms with Crippen molar-refractivity contribution in [2.45, 2.75) is 45.8 Å². The molecule has 0 saturated carbocycles. The summed E-state index contributed by atoms with van der Waals surface area (Å²) in [6.45, 7) is 9.05. The minimum atomic E-state index is -1.64. The smallest absolute Gasteiger partial charge is 0.241 e. The summed E-state index contributed by atoms with van der Waals surface area (Å²) in [5.41, 5.74) is 6.67. The highest BCUT2D eigenvalue weighted by Crippen LogP contribution is 2.46. The maximum atomic E-state index is 6.56. The number of hydrogen-bond donors (Lipinski definition) is 0. The molecule has 0 aromatic heterocycles. The molecule has 2 aromatic rings. The Morgan fingerprint density at radius 1 is 0.826 bits per heavy atom. The van der Waals surface area contributed by atoms with Gasteiger partial charge in [-0.2, -0.15) is 0 Å². The Morgan fingerprint density at radius 3 is 1.74 bits per heavy atom. The molecule has 0 N–H and O–H groups in total. The third-order valence-electron chi connectivity index (χ3n) is 4.15. The average molecular weight is 323 g/mol. The van der Waals surface area contributed by atoms with Crippen molar-refractivity contribution < 1.29 is 4.43 Å².